The van der Waals surface area contributed by atoms with Crippen LogP contribution in [0.1, 0.15) is 51.9 Å². The van der Waals surface area contributed by atoms with E-state index in [9.17, 15) is 0 Å². The lowest BCUT2D eigenvalue weighted by Gasteiger charge is -2.35. The molecule has 21 heavy (non-hydrogen) atoms. The molecule has 2 rings (SSSR count). The van der Waals surface area contributed by atoms with Gasteiger partial charge in [-0.3, -0.25) is 0 Å². The van der Waals surface area contributed by atoms with E-state index in [-0.39, 0.29) is 11.0 Å². The molecule has 1 aromatic heterocycles. The molecule has 1 unspecified atom stereocenters. The molecule has 1 atom stereocenters. The van der Waals surface area contributed by atoms with Gasteiger partial charge in [-0.25, -0.2) is 9.97 Å². The number of aromatic nitrogens is 2. The predicted molar refractivity (Wildman–Crippen MR) is 87.1 cm³/mol. The van der Waals surface area contributed by atoms with Gasteiger partial charge in [0.15, 0.2) is 0 Å². The van der Waals surface area contributed by atoms with Crippen LogP contribution in [0.2, 0.25) is 0 Å². The molecule has 0 saturated carbocycles. The minimum atomic E-state index is -0.0836. The van der Waals surface area contributed by atoms with Crippen LogP contribution >= 0.6 is 0 Å². The molecule has 1 aliphatic heterocycles. The topological polar surface area (TPSA) is 59.1 Å². The minimum Gasteiger partial charge on any atom is -0.379 e. The van der Waals surface area contributed by atoms with Gasteiger partial charge in [-0.15, -0.1) is 0 Å². The Kier molecular flexibility index (Phi) is 4.42. The van der Waals surface area contributed by atoms with Gasteiger partial charge in [0.1, 0.15) is 17.5 Å². The van der Waals surface area contributed by atoms with Gasteiger partial charge < -0.3 is 15.4 Å². The lowest BCUT2D eigenvalue weighted by molar-refractivity contribution is 0.0538. The van der Waals surface area contributed by atoms with Crippen molar-refractivity contribution in [1.29, 1.82) is 0 Å². The standard InChI is InChI=1S/C16H28N4O/c1-11-12(17-6)18-14(15(2,3)4)19-13(11)20-16(5)8-7-9-21-10-16/h7-10H2,1-6H3,(H2,17,18,19,20). The molecule has 2 N–H and O–H groups in total. The highest BCUT2D eigenvalue weighted by molar-refractivity contribution is 5.58. The highest BCUT2D eigenvalue weighted by atomic mass is 16.5. The summed E-state index contributed by atoms with van der Waals surface area (Å²) in [6.07, 6.45) is 2.18. The Balaban J connectivity index is 2.37. The van der Waals surface area contributed by atoms with Gasteiger partial charge in [-0.2, -0.15) is 0 Å². The molecule has 1 aromatic rings. The molecule has 0 spiro atoms. The molecule has 2 heterocycles. The van der Waals surface area contributed by atoms with Crippen LogP contribution in [-0.2, 0) is 10.2 Å². The normalized spacial score (nSPS) is 23.0. The molecular weight excluding hydrogens is 264 g/mol. The van der Waals surface area contributed by atoms with Crippen LogP contribution in [-0.4, -0.2) is 35.8 Å². The molecule has 1 aliphatic rings. The van der Waals surface area contributed by atoms with Crippen molar-refractivity contribution >= 4 is 11.6 Å². The maximum Gasteiger partial charge on any atom is 0.138 e. The van der Waals surface area contributed by atoms with Crippen LogP contribution in [0.25, 0.3) is 0 Å². The molecule has 5 nitrogen and oxygen atoms in total. The van der Waals surface area contributed by atoms with E-state index < -0.39 is 0 Å². The molecule has 1 fully saturated rings. The first-order valence-corrected chi connectivity index (χ1v) is 7.68. The number of nitrogens with zero attached hydrogens (tertiary/aromatic N) is 2. The zero-order valence-corrected chi connectivity index (χ0v) is 14.1. The average Bonchev–Trinajstić information content (AvgIpc) is 2.40. The van der Waals surface area contributed by atoms with Crippen molar-refractivity contribution in [2.75, 3.05) is 30.9 Å². The quantitative estimate of drug-likeness (QED) is 0.896. The number of rotatable bonds is 3. The third-order valence-corrected chi connectivity index (χ3v) is 3.91. The van der Waals surface area contributed by atoms with E-state index in [1.807, 2.05) is 14.0 Å². The van der Waals surface area contributed by atoms with Crippen molar-refractivity contribution in [2.45, 2.75) is 58.4 Å². The fourth-order valence-electron chi connectivity index (χ4n) is 2.54. The summed E-state index contributed by atoms with van der Waals surface area (Å²) in [5.74, 6) is 2.64. The summed E-state index contributed by atoms with van der Waals surface area (Å²) in [6, 6.07) is 0. The van der Waals surface area contributed by atoms with Crippen molar-refractivity contribution in [3.63, 3.8) is 0 Å². The van der Waals surface area contributed by atoms with Gasteiger partial charge in [0, 0.05) is 24.6 Å². The SMILES string of the molecule is CNc1nc(C(C)(C)C)nc(NC2(C)CCCOC2)c1C. The van der Waals surface area contributed by atoms with Gasteiger partial charge >= 0.3 is 0 Å². The summed E-state index contributed by atoms with van der Waals surface area (Å²) in [4.78, 5) is 9.42. The van der Waals surface area contributed by atoms with Crippen LogP contribution in [0, 0.1) is 6.92 Å². The second-order valence-corrected chi connectivity index (χ2v) is 7.21. The third-order valence-electron chi connectivity index (χ3n) is 3.91. The molecule has 1 saturated heterocycles. The van der Waals surface area contributed by atoms with E-state index in [0.717, 1.165) is 49.1 Å². The summed E-state index contributed by atoms with van der Waals surface area (Å²) >= 11 is 0. The summed E-state index contributed by atoms with van der Waals surface area (Å²) in [5.41, 5.74) is 0.911. The molecule has 0 bridgehead atoms. The van der Waals surface area contributed by atoms with Gasteiger partial charge in [0.05, 0.1) is 12.1 Å². The first-order valence-electron chi connectivity index (χ1n) is 7.68. The van der Waals surface area contributed by atoms with Crippen molar-refractivity contribution < 1.29 is 4.74 Å². The summed E-state index contributed by atoms with van der Waals surface area (Å²) in [5, 5.41) is 6.77. The van der Waals surface area contributed by atoms with Crippen LogP contribution in [0.3, 0.4) is 0 Å². The Labute approximate surface area is 127 Å². The fourth-order valence-corrected chi connectivity index (χ4v) is 2.54. The van der Waals surface area contributed by atoms with E-state index in [2.05, 4.69) is 43.3 Å². The van der Waals surface area contributed by atoms with Gasteiger partial charge in [0.2, 0.25) is 0 Å². The van der Waals surface area contributed by atoms with Gasteiger partial charge in [-0.1, -0.05) is 20.8 Å². The van der Waals surface area contributed by atoms with Crippen LogP contribution in [0.5, 0.6) is 0 Å². The summed E-state index contributed by atoms with van der Waals surface area (Å²) < 4.78 is 5.63. The first-order chi connectivity index (χ1) is 9.75. The van der Waals surface area contributed by atoms with Crippen molar-refractivity contribution in [3.05, 3.63) is 11.4 Å². The van der Waals surface area contributed by atoms with E-state index in [1.165, 1.54) is 0 Å². The highest BCUT2D eigenvalue weighted by Crippen LogP contribution is 2.30. The lowest BCUT2D eigenvalue weighted by Crippen LogP contribution is -2.43. The smallest absolute Gasteiger partial charge is 0.138 e. The fraction of sp³-hybridized carbons (Fsp3) is 0.750. The second-order valence-electron chi connectivity index (χ2n) is 7.21. The number of hydrogen-bond donors (Lipinski definition) is 2. The molecule has 118 valence electrons. The Bertz CT molecular complexity index is 502. The third kappa shape index (κ3) is 3.64. The number of anilines is 2. The number of ether oxygens (including phenoxy) is 1. The van der Waals surface area contributed by atoms with E-state index in [4.69, 9.17) is 9.72 Å². The second kappa shape index (κ2) is 5.79. The Morgan fingerprint density at radius 3 is 2.38 bits per heavy atom. The highest BCUT2D eigenvalue weighted by Gasteiger charge is 2.30. The number of hydrogen-bond acceptors (Lipinski definition) is 5. The lowest BCUT2D eigenvalue weighted by atomic mass is 9.94. The monoisotopic (exact) mass is 292 g/mol. The van der Waals surface area contributed by atoms with E-state index >= 15 is 0 Å². The molecule has 0 aliphatic carbocycles. The van der Waals surface area contributed by atoms with E-state index in [1.54, 1.807) is 0 Å². The summed E-state index contributed by atoms with van der Waals surface area (Å²) in [7, 11) is 1.90. The number of nitrogens with one attached hydrogen (secondary N) is 2. The zero-order valence-electron chi connectivity index (χ0n) is 14.1. The van der Waals surface area contributed by atoms with Crippen LogP contribution < -0.4 is 10.6 Å². The van der Waals surface area contributed by atoms with E-state index in [0.29, 0.717) is 0 Å². The Morgan fingerprint density at radius 1 is 1.19 bits per heavy atom. The minimum absolute atomic E-state index is 0.0580. The molecule has 0 radical (unpaired) electrons. The van der Waals surface area contributed by atoms with Crippen molar-refractivity contribution in [3.8, 4) is 0 Å². The average molecular weight is 292 g/mol. The Hall–Kier alpha value is -1.36. The van der Waals surface area contributed by atoms with Crippen LogP contribution in [0.4, 0.5) is 11.6 Å². The predicted octanol–water partition coefficient (Wildman–Crippen LogP) is 3.11. The zero-order chi connectivity index (χ0) is 15.7. The van der Waals surface area contributed by atoms with Crippen LogP contribution in [0.15, 0.2) is 0 Å². The molecular formula is C16H28N4O. The summed E-state index contributed by atoms with van der Waals surface area (Å²) in [6.45, 7) is 12.2. The maximum absolute atomic E-state index is 5.63. The molecule has 0 aromatic carbocycles. The molecule has 0 amide bonds. The Morgan fingerprint density at radius 2 is 1.86 bits per heavy atom. The maximum atomic E-state index is 5.63. The largest absolute Gasteiger partial charge is 0.379 e. The van der Waals surface area contributed by atoms with Gasteiger partial charge in [0.25, 0.3) is 0 Å². The van der Waals surface area contributed by atoms with Crippen molar-refractivity contribution in [2.24, 2.45) is 0 Å². The van der Waals surface area contributed by atoms with Gasteiger partial charge in [-0.05, 0) is 26.7 Å². The first kappa shape index (κ1) is 16.0. The molecule has 5 heteroatoms. The van der Waals surface area contributed by atoms with Crippen molar-refractivity contribution in [1.82, 2.24) is 9.97 Å².